The van der Waals surface area contributed by atoms with Crippen molar-refractivity contribution in [3.8, 4) is 0 Å². The van der Waals surface area contributed by atoms with Crippen molar-refractivity contribution in [2.75, 3.05) is 32.1 Å². The maximum Gasteiger partial charge on any atom is 0.272 e. The van der Waals surface area contributed by atoms with Crippen LogP contribution in [0.4, 0.5) is 5.95 Å². The molecule has 0 aliphatic carbocycles. The lowest BCUT2D eigenvalue weighted by Crippen LogP contribution is -2.29. The Morgan fingerprint density at radius 1 is 1.42 bits per heavy atom. The van der Waals surface area contributed by atoms with Gasteiger partial charge < -0.3 is 9.80 Å². The highest BCUT2D eigenvalue weighted by atomic mass is 35.5. The molecule has 24 heavy (non-hydrogen) atoms. The van der Waals surface area contributed by atoms with E-state index in [1.807, 2.05) is 14.1 Å². The lowest BCUT2D eigenvalue weighted by atomic mass is 10.1. The van der Waals surface area contributed by atoms with Crippen molar-refractivity contribution in [1.82, 2.24) is 19.9 Å². The molecule has 2 aromatic heterocycles. The van der Waals surface area contributed by atoms with E-state index in [-0.39, 0.29) is 17.4 Å². The maximum atomic E-state index is 12.5. The molecule has 8 heteroatoms. The molecule has 3 rings (SSSR count). The van der Waals surface area contributed by atoms with Crippen LogP contribution in [0.2, 0.25) is 5.02 Å². The largest absolute Gasteiger partial charge is 0.348 e. The monoisotopic (exact) mass is 347 g/mol. The number of pyridine rings is 1. The van der Waals surface area contributed by atoms with Gasteiger partial charge in [0.2, 0.25) is 5.95 Å². The van der Waals surface area contributed by atoms with Crippen molar-refractivity contribution in [3.63, 3.8) is 0 Å². The summed E-state index contributed by atoms with van der Waals surface area (Å²) in [5.74, 6) is 0.427. The molecule has 2 aromatic rings. The molecule has 1 N–H and O–H groups in total. The summed E-state index contributed by atoms with van der Waals surface area (Å²) < 4.78 is 0. The number of carbonyl (C=O) groups is 1. The van der Waals surface area contributed by atoms with Crippen molar-refractivity contribution in [3.05, 3.63) is 51.2 Å². The lowest BCUT2D eigenvalue weighted by Gasteiger charge is -2.17. The number of rotatable bonds is 3. The van der Waals surface area contributed by atoms with Gasteiger partial charge in [0.25, 0.3) is 11.5 Å². The van der Waals surface area contributed by atoms with Gasteiger partial charge in [0, 0.05) is 45.4 Å². The molecule has 1 unspecified atom stereocenters. The van der Waals surface area contributed by atoms with Crippen molar-refractivity contribution in [1.29, 1.82) is 0 Å². The summed E-state index contributed by atoms with van der Waals surface area (Å²) in [5.41, 5.74) is 0.891. The van der Waals surface area contributed by atoms with Crippen LogP contribution in [0.15, 0.2) is 29.2 Å². The molecule has 1 aliphatic rings. The Hall–Kier alpha value is -2.41. The van der Waals surface area contributed by atoms with E-state index in [0.717, 1.165) is 6.42 Å². The van der Waals surface area contributed by atoms with Gasteiger partial charge in [0.1, 0.15) is 5.69 Å². The first-order valence-electron chi connectivity index (χ1n) is 7.63. The Balaban J connectivity index is 1.77. The summed E-state index contributed by atoms with van der Waals surface area (Å²) in [6.45, 7) is 1.13. The molecule has 1 aliphatic heterocycles. The molecule has 3 heterocycles. The fourth-order valence-corrected chi connectivity index (χ4v) is 2.85. The summed E-state index contributed by atoms with van der Waals surface area (Å²) in [6.07, 6.45) is 2.23. The predicted octanol–water partition coefficient (Wildman–Crippen LogP) is 1.51. The number of hydrogen-bond donors (Lipinski definition) is 1. The number of aromatic nitrogens is 3. The van der Waals surface area contributed by atoms with E-state index in [9.17, 15) is 9.59 Å². The van der Waals surface area contributed by atoms with Gasteiger partial charge in [-0.15, -0.1) is 0 Å². The second-order valence-corrected chi connectivity index (χ2v) is 6.42. The second-order valence-electron chi connectivity index (χ2n) is 5.99. The van der Waals surface area contributed by atoms with Crippen LogP contribution in [0.3, 0.4) is 0 Å². The topological polar surface area (TPSA) is 82.2 Å². The molecule has 1 fully saturated rings. The smallest absolute Gasteiger partial charge is 0.272 e. The number of aromatic amines is 1. The van der Waals surface area contributed by atoms with E-state index in [4.69, 9.17) is 11.6 Å². The van der Waals surface area contributed by atoms with Crippen molar-refractivity contribution >= 4 is 23.5 Å². The minimum absolute atomic E-state index is 0.0438. The van der Waals surface area contributed by atoms with Crippen LogP contribution in [-0.2, 0) is 0 Å². The minimum Gasteiger partial charge on any atom is -0.348 e. The van der Waals surface area contributed by atoms with Crippen LogP contribution < -0.4 is 10.5 Å². The number of hydrogen-bond acceptors (Lipinski definition) is 5. The summed E-state index contributed by atoms with van der Waals surface area (Å²) in [7, 11) is 3.64. The van der Waals surface area contributed by atoms with E-state index in [2.05, 4.69) is 15.0 Å². The quantitative estimate of drug-likeness (QED) is 0.910. The molecular formula is C16H18ClN5O2. The molecule has 0 spiro atoms. The summed E-state index contributed by atoms with van der Waals surface area (Å²) in [5, 5.41) is 0.495. The van der Waals surface area contributed by atoms with Gasteiger partial charge >= 0.3 is 0 Å². The van der Waals surface area contributed by atoms with Gasteiger partial charge in [0.05, 0.1) is 10.7 Å². The Morgan fingerprint density at radius 2 is 2.21 bits per heavy atom. The highest BCUT2D eigenvalue weighted by Crippen LogP contribution is 2.26. The van der Waals surface area contributed by atoms with Gasteiger partial charge in [-0.2, -0.15) is 0 Å². The van der Waals surface area contributed by atoms with Crippen LogP contribution in [0.5, 0.6) is 0 Å². The summed E-state index contributed by atoms with van der Waals surface area (Å²) >= 11 is 5.80. The molecule has 0 aromatic carbocycles. The molecular weight excluding hydrogens is 330 g/mol. The van der Waals surface area contributed by atoms with Gasteiger partial charge in [-0.25, -0.2) is 9.97 Å². The number of halogens is 1. The average Bonchev–Trinajstić information content (AvgIpc) is 3.04. The molecule has 0 bridgehead atoms. The Bertz CT molecular complexity index is 803. The van der Waals surface area contributed by atoms with Gasteiger partial charge in [0.15, 0.2) is 0 Å². The fourth-order valence-electron chi connectivity index (χ4n) is 2.73. The van der Waals surface area contributed by atoms with Gasteiger partial charge in [-0.3, -0.25) is 14.6 Å². The molecule has 1 saturated heterocycles. The third-order valence-electron chi connectivity index (χ3n) is 4.01. The second kappa shape index (κ2) is 6.60. The van der Waals surface area contributed by atoms with E-state index < -0.39 is 0 Å². The number of anilines is 1. The number of H-pyrrole nitrogens is 1. The zero-order valence-corrected chi connectivity index (χ0v) is 14.2. The number of nitrogens with one attached hydrogen (secondary N) is 1. The zero-order valence-electron chi connectivity index (χ0n) is 13.5. The highest BCUT2D eigenvalue weighted by molar-refractivity contribution is 6.30. The van der Waals surface area contributed by atoms with E-state index in [1.54, 1.807) is 21.9 Å². The van der Waals surface area contributed by atoms with E-state index in [0.29, 0.717) is 35.4 Å². The van der Waals surface area contributed by atoms with Crippen LogP contribution in [0, 0.1) is 0 Å². The highest BCUT2D eigenvalue weighted by Gasteiger charge is 2.30. The first-order valence-corrected chi connectivity index (χ1v) is 8.01. The van der Waals surface area contributed by atoms with Crippen molar-refractivity contribution in [2.45, 2.75) is 12.3 Å². The number of likely N-dealkylation sites (tertiary alicyclic amines) is 1. The molecule has 0 radical (unpaired) electrons. The van der Waals surface area contributed by atoms with E-state index >= 15 is 0 Å². The summed E-state index contributed by atoms with van der Waals surface area (Å²) in [6, 6.07) is 4.77. The number of nitrogens with zero attached hydrogens (tertiary/aromatic N) is 4. The Kier molecular flexibility index (Phi) is 4.53. The van der Waals surface area contributed by atoms with Crippen LogP contribution in [0.1, 0.15) is 28.5 Å². The van der Waals surface area contributed by atoms with Crippen LogP contribution in [0.25, 0.3) is 0 Å². The minimum atomic E-state index is -0.187. The first kappa shape index (κ1) is 16.4. The van der Waals surface area contributed by atoms with Crippen LogP contribution >= 0.6 is 11.6 Å². The molecule has 1 atom stereocenters. The third kappa shape index (κ3) is 3.41. The third-order valence-corrected chi connectivity index (χ3v) is 4.24. The molecule has 1 amide bonds. The van der Waals surface area contributed by atoms with Crippen molar-refractivity contribution < 1.29 is 4.79 Å². The fraction of sp³-hybridized carbons (Fsp3) is 0.375. The normalized spacial score (nSPS) is 17.1. The molecule has 126 valence electrons. The lowest BCUT2D eigenvalue weighted by molar-refractivity contribution is 0.0785. The van der Waals surface area contributed by atoms with Crippen LogP contribution in [-0.4, -0.2) is 52.9 Å². The van der Waals surface area contributed by atoms with Crippen molar-refractivity contribution in [2.24, 2.45) is 0 Å². The predicted molar refractivity (Wildman–Crippen MR) is 91.7 cm³/mol. The first-order chi connectivity index (χ1) is 11.4. The Morgan fingerprint density at radius 3 is 2.88 bits per heavy atom. The van der Waals surface area contributed by atoms with Gasteiger partial charge in [-0.1, -0.05) is 11.6 Å². The number of carbonyl (C=O) groups excluding carboxylic acids is 1. The summed E-state index contributed by atoms with van der Waals surface area (Å²) in [4.78, 5) is 39.1. The maximum absolute atomic E-state index is 12.5. The standard InChI is InChI=1S/C16H18ClN5O2/c1-21(2)16-19-13(7-14(23)20-16)10-5-6-22(9-10)15(24)12-4-3-11(17)8-18-12/h3-4,7-8,10H,5-6,9H2,1-2H3,(H,19,20,23). The average molecular weight is 348 g/mol. The SMILES string of the molecule is CN(C)c1nc(C2CCN(C(=O)c3ccc(Cl)cn3)C2)cc(=O)[nH]1. The zero-order chi connectivity index (χ0) is 17.3. The number of amides is 1. The molecule has 7 nitrogen and oxygen atoms in total. The molecule has 0 saturated carbocycles. The van der Waals surface area contributed by atoms with Gasteiger partial charge in [-0.05, 0) is 18.6 Å². The Labute approximate surface area is 144 Å². The van der Waals surface area contributed by atoms with E-state index in [1.165, 1.54) is 12.3 Å².